The highest BCUT2D eigenvalue weighted by molar-refractivity contribution is 5.80. The van der Waals surface area contributed by atoms with E-state index in [1.807, 2.05) is 66.7 Å². The summed E-state index contributed by atoms with van der Waals surface area (Å²) in [4.78, 5) is 32.7. The number of hydrogen-bond acceptors (Lipinski definition) is 6. The van der Waals surface area contributed by atoms with E-state index in [0.29, 0.717) is 17.8 Å². The van der Waals surface area contributed by atoms with Crippen LogP contribution in [0.25, 0.3) is 28.2 Å². The van der Waals surface area contributed by atoms with Crippen molar-refractivity contribution in [3.63, 3.8) is 0 Å². The molecule has 0 bridgehead atoms. The summed E-state index contributed by atoms with van der Waals surface area (Å²) < 4.78 is 12.4. The molecule has 6 aromatic rings. The first kappa shape index (κ1) is 34.9. The molecule has 266 valence electrons. The molecule has 8 rings (SSSR count). The number of benzene rings is 4. The predicted molar refractivity (Wildman–Crippen MR) is 205 cm³/mol. The molecule has 0 saturated heterocycles. The minimum Gasteiger partial charge on any atom is -0.487 e. The molecule has 2 aliphatic rings. The van der Waals surface area contributed by atoms with Gasteiger partial charge in [0.05, 0.1) is 11.4 Å². The maximum atomic E-state index is 13.8. The summed E-state index contributed by atoms with van der Waals surface area (Å²) in [6, 6.07) is 32.6. The number of nitrogens with one attached hydrogen (secondary N) is 1. The molecule has 1 N–H and O–H groups in total. The van der Waals surface area contributed by atoms with Gasteiger partial charge in [-0.2, -0.15) is 0 Å². The molecule has 0 amide bonds. The zero-order chi connectivity index (χ0) is 36.1. The number of H-pyrrole nitrogens is 1. The van der Waals surface area contributed by atoms with E-state index in [1.54, 1.807) is 16.5 Å². The van der Waals surface area contributed by atoms with Crippen LogP contribution < -0.4 is 16.1 Å². The maximum Gasteiger partial charge on any atom is 0.439 e. The molecule has 0 atom stereocenters. The van der Waals surface area contributed by atoms with Crippen molar-refractivity contribution in [2.45, 2.75) is 90.1 Å². The van der Waals surface area contributed by atoms with Crippen LogP contribution in [-0.2, 0) is 19.3 Å². The first-order chi connectivity index (χ1) is 25.3. The van der Waals surface area contributed by atoms with Crippen molar-refractivity contribution in [1.29, 1.82) is 0 Å². The van der Waals surface area contributed by atoms with Crippen LogP contribution in [0.5, 0.6) is 5.75 Å². The average molecular weight is 695 g/mol. The lowest BCUT2D eigenvalue weighted by Crippen LogP contribution is -2.25. The van der Waals surface area contributed by atoms with Crippen molar-refractivity contribution >= 4 is 0 Å². The zero-order valence-corrected chi connectivity index (χ0v) is 30.2. The van der Waals surface area contributed by atoms with Crippen molar-refractivity contribution in [3.8, 4) is 34.0 Å². The molecule has 0 radical (unpaired) electrons. The zero-order valence-electron chi connectivity index (χ0n) is 30.2. The standard InChI is InChI=1S/C32H30N4O4.C12H16/c1-4-7-27-26(30(37)36(19-33-27)23-14-15-28-22(17-23)18-32(2,3)39-28)16-20-10-12-21(13-11-20)24-8-5-6-9-25(24)29-34-31(38)40-35-29;1-3-7-11(8-4-1)12-9-5-2-6-10-12/h5-6,8-15,17,19H,4,7,16,18H2,1-3H3,(H,34,35,38);1,3-4,7-8,12H,2,5-6,9-10H2. The summed E-state index contributed by atoms with van der Waals surface area (Å²) in [5.74, 6) is 1.52. The van der Waals surface area contributed by atoms with Gasteiger partial charge >= 0.3 is 5.76 Å². The largest absolute Gasteiger partial charge is 0.487 e. The van der Waals surface area contributed by atoms with E-state index in [4.69, 9.17) is 14.2 Å². The lowest BCUT2D eigenvalue weighted by Gasteiger charge is -2.21. The van der Waals surface area contributed by atoms with Gasteiger partial charge in [-0.05, 0) is 79.5 Å². The highest BCUT2D eigenvalue weighted by Crippen LogP contribution is 2.36. The van der Waals surface area contributed by atoms with E-state index in [0.717, 1.165) is 70.1 Å². The number of nitrogens with zero attached hydrogens (tertiary/aromatic N) is 3. The van der Waals surface area contributed by atoms with Crippen molar-refractivity contribution in [2.24, 2.45) is 0 Å². The Hall–Kier alpha value is -5.50. The van der Waals surface area contributed by atoms with Gasteiger partial charge in [0.15, 0.2) is 5.82 Å². The molecule has 3 heterocycles. The number of aromatic amines is 1. The van der Waals surface area contributed by atoms with Gasteiger partial charge in [-0.25, -0.2) is 9.78 Å². The van der Waals surface area contributed by atoms with Crippen LogP contribution in [0.1, 0.15) is 93.2 Å². The second-order valence-electron chi connectivity index (χ2n) is 14.5. The third-order valence-corrected chi connectivity index (χ3v) is 10.1. The monoisotopic (exact) mass is 694 g/mol. The molecule has 0 spiro atoms. The van der Waals surface area contributed by atoms with Gasteiger partial charge in [0.25, 0.3) is 5.56 Å². The Morgan fingerprint density at radius 2 is 1.60 bits per heavy atom. The van der Waals surface area contributed by atoms with Crippen LogP contribution in [0.15, 0.2) is 118 Å². The van der Waals surface area contributed by atoms with Crippen molar-refractivity contribution in [1.82, 2.24) is 19.7 Å². The third kappa shape index (κ3) is 7.86. The molecule has 8 nitrogen and oxygen atoms in total. The van der Waals surface area contributed by atoms with Crippen molar-refractivity contribution in [3.05, 3.63) is 152 Å². The van der Waals surface area contributed by atoms with Gasteiger partial charge < -0.3 is 4.74 Å². The van der Waals surface area contributed by atoms with E-state index in [9.17, 15) is 9.59 Å². The minimum atomic E-state index is -0.595. The van der Waals surface area contributed by atoms with Gasteiger partial charge in [0, 0.05) is 29.5 Å². The molecular weight excluding hydrogens is 649 g/mol. The van der Waals surface area contributed by atoms with E-state index in [-0.39, 0.29) is 11.2 Å². The molecule has 1 aliphatic heterocycles. The number of rotatable bonds is 8. The third-order valence-electron chi connectivity index (χ3n) is 10.1. The SMILES string of the molecule is CCCc1ncn(-c2ccc3c(c2)CC(C)(C)O3)c(=O)c1Cc1ccc(-c2ccccc2-c2noc(=O)[nH]2)cc1.c1ccc(C2CCCCC2)cc1. The molecule has 8 heteroatoms. The summed E-state index contributed by atoms with van der Waals surface area (Å²) in [5, 5.41) is 3.85. The summed E-state index contributed by atoms with van der Waals surface area (Å²) in [5.41, 5.74) is 8.32. The van der Waals surface area contributed by atoms with Gasteiger partial charge in [0.1, 0.15) is 17.7 Å². The molecule has 1 saturated carbocycles. The van der Waals surface area contributed by atoms with Gasteiger partial charge in [-0.1, -0.05) is 117 Å². The van der Waals surface area contributed by atoms with E-state index in [2.05, 4.69) is 61.2 Å². The second kappa shape index (κ2) is 15.4. The van der Waals surface area contributed by atoms with E-state index >= 15 is 0 Å². The number of ether oxygens (including phenoxy) is 1. The second-order valence-corrected chi connectivity index (χ2v) is 14.5. The fourth-order valence-corrected chi connectivity index (χ4v) is 7.54. The predicted octanol–water partition coefficient (Wildman–Crippen LogP) is 9.23. The summed E-state index contributed by atoms with van der Waals surface area (Å²) in [7, 11) is 0. The molecule has 2 aromatic heterocycles. The Labute approximate surface area is 304 Å². The van der Waals surface area contributed by atoms with Crippen LogP contribution in [0.2, 0.25) is 0 Å². The number of hydrogen-bond donors (Lipinski definition) is 1. The van der Waals surface area contributed by atoms with Crippen molar-refractivity contribution in [2.75, 3.05) is 0 Å². The fourth-order valence-electron chi connectivity index (χ4n) is 7.54. The number of fused-ring (bicyclic) bond motifs is 1. The highest BCUT2D eigenvalue weighted by Gasteiger charge is 2.30. The van der Waals surface area contributed by atoms with Crippen molar-refractivity contribution < 1.29 is 9.26 Å². The normalized spacial score (nSPS) is 15.0. The molecule has 1 aliphatic carbocycles. The Morgan fingerprint density at radius 1 is 0.865 bits per heavy atom. The highest BCUT2D eigenvalue weighted by atomic mass is 16.5. The number of aromatic nitrogens is 4. The molecule has 52 heavy (non-hydrogen) atoms. The Kier molecular flexibility index (Phi) is 10.3. The van der Waals surface area contributed by atoms with Crippen LogP contribution in [-0.4, -0.2) is 25.3 Å². The lowest BCUT2D eigenvalue weighted by molar-refractivity contribution is 0.138. The van der Waals surface area contributed by atoms with E-state index in [1.165, 1.54) is 32.1 Å². The Morgan fingerprint density at radius 3 is 2.31 bits per heavy atom. The van der Waals surface area contributed by atoms with E-state index < -0.39 is 5.76 Å². The Bertz CT molecular complexity index is 2240. The van der Waals surface area contributed by atoms with Gasteiger partial charge in [-0.15, -0.1) is 0 Å². The smallest absolute Gasteiger partial charge is 0.439 e. The molecular formula is C44H46N4O4. The lowest BCUT2D eigenvalue weighted by atomic mass is 9.84. The molecule has 0 unspecified atom stereocenters. The molecule has 4 aromatic carbocycles. The fraction of sp³-hybridized carbons (Fsp3) is 0.318. The number of aryl methyl sites for hydroxylation is 1. The summed E-state index contributed by atoms with van der Waals surface area (Å²) >= 11 is 0. The average Bonchev–Trinajstić information content (AvgIpc) is 3.75. The first-order valence-corrected chi connectivity index (χ1v) is 18.5. The van der Waals surface area contributed by atoms with Gasteiger partial charge in [-0.3, -0.25) is 18.9 Å². The van der Waals surface area contributed by atoms with Crippen LogP contribution in [0.4, 0.5) is 0 Å². The first-order valence-electron chi connectivity index (χ1n) is 18.5. The molecule has 1 fully saturated rings. The van der Waals surface area contributed by atoms with Gasteiger partial charge in [0.2, 0.25) is 0 Å². The Balaban J connectivity index is 0.000000295. The summed E-state index contributed by atoms with van der Waals surface area (Å²) in [6.45, 7) is 6.22. The quantitative estimate of drug-likeness (QED) is 0.170. The van der Waals surface area contributed by atoms with Crippen LogP contribution >= 0.6 is 0 Å². The van der Waals surface area contributed by atoms with Crippen LogP contribution in [0.3, 0.4) is 0 Å². The van der Waals surface area contributed by atoms with Crippen LogP contribution in [0, 0.1) is 0 Å². The minimum absolute atomic E-state index is 0.0546. The summed E-state index contributed by atoms with van der Waals surface area (Å²) in [6.07, 6.45) is 11.7. The maximum absolute atomic E-state index is 13.8. The topological polar surface area (TPSA) is 103 Å².